The van der Waals surface area contributed by atoms with E-state index in [-0.39, 0.29) is 25.2 Å². The molecule has 0 aliphatic rings. The van der Waals surface area contributed by atoms with Crippen molar-refractivity contribution in [2.45, 2.75) is 70.1 Å². The Hall–Kier alpha value is -3.58. The predicted octanol–water partition coefficient (Wildman–Crippen LogP) is 0.641. The first-order chi connectivity index (χ1) is 18.9. The molecule has 220 valence electrons. The van der Waals surface area contributed by atoms with E-state index >= 15 is 0 Å². The molecule has 4 atom stereocenters. The smallest absolute Gasteiger partial charge is 0.326 e. The van der Waals surface area contributed by atoms with Crippen LogP contribution in [0.25, 0.3) is 10.9 Å². The van der Waals surface area contributed by atoms with Gasteiger partial charge >= 0.3 is 5.97 Å². The monoisotopic (exact) mass is 576 g/mol. The maximum Gasteiger partial charge on any atom is 0.326 e. The number of thioether (sulfide) groups is 1. The second-order valence-electron chi connectivity index (χ2n) is 10.1. The van der Waals surface area contributed by atoms with Gasteiger partial charge in [0.15, 0.2) is 0 Å². The molecule has 9 N–H and O–H groups in total. The Kier molecular flexibility index (Phi) is 12.9. The number of hydrogen-bond acceptors (Lipinski definition) is 7. The molecule has 0 saturated heterocycles. The summed E-state index contributed by atoms with van der Waals surface area (Å²) in [5, 5.41) is 18.3. The van der Waals surface area contributed by atoms with Crippen molar-refractivity contribution < 1.29 is 29.1 Å². The summed E-state index contributed by atoms with van der Waals surface area (Å²) in [6.07, 6.45) is 3.96. The summed E-state index contributed by atoms with van der Waals surface area (Å²) in [6.45, 7) is 3.79. The second-order valence-corrected chi connectivity index (χ2v) is 11.1. The van der Waals surface area contributed by atoms with Gasteiger partial charge in [-0.1, -0.05) is 32.0 Å². The average Bonchev–Trinajstić information content (AvgIpc) is 3.30. The molecule has 0 saturated carbocycles. The molecule has 0 spiro atoms. The number of primary amides is 1. The number of para-hydroxylation sites is 1. The fourth-order valence-electron chi connectivity index (χ4n) is 4.18. The molecular weight excluding hydrogens is 536 g/mol. The third kappa shape index (κ3) is 10.2. The summed E-state index contributed by atoms with van der Waals surface area (Å²) < 4.78 is 0. The number of nitrogens with two attached hydrogens (primary N) is 2. The van der Waals surface area contributed by atoms with E-state index in [1.165, 1.54) is 0 Å². The zero-order valence-corrected chi connectivity index (χ0v) is 23.9. The van der Waals surface area contributed by atoms with Crippen molar-refractivity contribution in [1.82, 2.24) is 20.9 Å². The van der Waals surface area contributed by atoms with E-state index in [4.69, 9.17) is 11.5 Å². The summed E-state index contributed by atoms with van der Waals surface area (Å²) in [6, 6.07) is 3.10. The molecule has 4 amide bonds. The highest BCUT2D eigenvalue weighted by Gasteiger charge is 2.31. The number of amides is 4. The maximum atomic E-state index is 13.5. The van der Waals surface area contributed by atoms with E-state index in [1.807, 2.05) is 44.4 Å². The summed E-state index contributed by atoms with van der Waals surface area (Å²) in [7, 11) is 0. The van der Waals surface area contributed by atoms with Crippen molar-refractivity contribution in [2.75, 3.05) is 12.0 Å². The fourth-order valence-corrected chi connectivity index (χ4v) is 4.67. The zero-order chi connectivity index (χ0) is 29.8. The van der Waals surface area contributed by atoms with Crippen molar-refractivity contribution in [3.05, 3.63) is 36.0 Å². The number of aromatic amines is 1. The number of aromatic nitrogens is 1. The molecule has 0 aliphatic heterocycles. The van der Waals surface area contributed by atoms with Crippen molar-refractivity contribution in [1.29, 1.82) is 0 Å². The Morgan fingerprint density at radius 1 is 0.950 bits per heavy atom. The van der Waals surface area contributed by atoms with Crippen LogP contribution < -0.4 is 27.4 Å². The van der Waals surface area contributed by atoms with Gasteiger partial charge < -0.3 is 37.5 Å². The van der Waals surface area contributed by atoms with E-state index in [9.17, 15) is 29.1 Å². The van der Waals surface area contributed by atoms with Crippen LogP contribution in [-0.4, -0.2) is 75.9 Å². The molecule has 40 heavy (non-hydrogen) atoms. The van der Waals surface area contributed by atoms with E-state index in [1.54, 1.807) is 18.0 Å². The third-order valence-electron chi connectivity index (χ3n) is 6.34. The molecule has 13 heteroatoms. The number of fused-ring (bicyclic) bond motifs is 1. The fraction of sp³-hybridized carbons (Fsp3) is 0.519. The lowest BCUT2D eigenvalue weighted by Gasteiger charge is -2.26. The molecule has 12 nitrogen and oxygen atoms in total. The molecule has 4 unspecified atom stereocenters. The molecule has 0 aliphatic carbocycles. The van der Waals surface area contributed by atoms with Crippen molar-refractivity contribution >= 4 is 52.3 Å². The summed E-state index contributed by atoms with van der Waals surface area (Å²) in [5.41, 5.74) is 12.7. The van der Waals surface area contributed by atoms with Gasteiger partial charge in [-0.05, 0) is 48.8 Å². The van der Waals surface area contributed by atoms with E-state index in [0.717, 1.165) is 16.5 Å². The number of carbonyl (C=O) groups excluding carboxylic acids is 4. The highest BCUT2D eigenvalue weighted by atomic mass is 32.2. The highest BCUT2D eigenvalue weighted by molar-refractivity contribution is 7.98. The maximum absolute atomic E-state index is 13.5. The number of benzene rings is 1. The standard InChI is InChI=1S/C27H40N6O6S/c1-15(2)12-21(32-24(35)18(28)10-11-40-3)25(36)33-22(13-16-14-30-19-7-5-4-6-17(16)19)26(37)31-20(27(38)39)8-9-23(29)34/h4-7,14-15,18,20-22,30H,8-13,28H2,1-3H3,(H2,29,34)(H,31,37)(H,32,35)(H,33,36)(H,38,39). The van der Waals surface area contributed by atoms with E-state index < -0.39 is 53.8 Å². The van der Waals surface area contributed by atoms with Crippen LogP contribution in [0.5, 0.6) is 0 Å². The summed E-state index contributed by atoms with van der Waals surface area (Å²) >= 11 is 1.56. The minimum atomic E-state index is -1.39. The zero-order valence-electron chi connectivity index (χ0n) is 23.1. The lowest BCUT2D eigenvalue weighted by molar-refractivity contribution is -0.142. The molecular formula is C27H40N6O6S. The van der Waals surface area contributed by atoms with E-state index in [2.05, 4.69) is 20.9 Å². The van der Waals surface area contributed by atoms with Gasteiger partial charge in [0, 0.05) is 29.9 Å². The average molecular weight is 577 g/mol. The van der Waals surface area contributed by atoms with Crippen LogP contribution in [0.2, 0.25) is 0 Å². The summed E-state index contributed by atoms with van der Waals surface area (Å²) in [4.78, 5) is 65.6. The number of hydrogen-bond donors (Lipinski definition) is 7. The molecule has 1 heterocycles. The number of nitrogens with one attached hydrogen (secondary N) is 4. The van der Waals surface area contributed by atoms with Gasteiger partial charge in [0.05, 0.1) is 6.04 Å². The van der Waals surface area contributed by atoms with Gasteiger partial charge in [-0.2, -0.15) is 11.8 Å². The lowest BCUT2D eigenvalue weighted by atomic mass is 10.00. The van der Waals surface area contributed by atoms with Crippen LogP contribution in [0, 0.1) is 5.92 Å². The Bertz CT molecular complexity index is 1190. The van der Waals surface area contributed by atoms with Crippen molar-refractivity contribution in [3.63, 3.8) is 0 Å². The molecule has 2 rings (SSSR count). The molecule has 2 aromatic rings. The van der Waals surface area contributed by atoms with Crippen LogP contribution in [-0.2, 0) is 30.4 Å². The first-order valence-electron chi connectivity index (χ1n) is 13.1. The Labute approximate surface area is 237 Å². The first-order valence-corrected chi connectivity index (χ1v) is 14.5. The number of aliphatic carboxylic acids is 1. The SMILES string of the molecule is CSCCC(N)C(=O)NC(CC(C)C)C(=O)NC(Cc1c[nH]c2ccccc12)C(=O)NC(CCC(N)=O)C(=O)O. The normalized spacial score (nSPS) is 14.2. The molecule has 0 radical (unpaired) electrons. The van der Waals surface area contributed by atoms with Gasteiger partial charge in [-0.3, -0.25) is 19.2 Å². The number of carboxylic acids is 1. The minimum absolute atomic E-state index is 0.0320. The number of carboxylic acid groups (broad SMARTS) is 1. The molecule has 1 aromatic heterocycles. The van der Waals surface area contributed by atoms with Crippen molar-refractivity contribution in [2.24, 2.45) is 17.4 Å². The second kappa shape index (κ2) is 15.9. The Morgan fingerprint density at radius 2 is 1.57 bits per heavy atom. The number of carbonyl (C=O) groups is 5. The Balaban J connectivity index is 2.30. The highest BCUT2D eigenvalue weighted by Crippen LogP contribution is 2.19. The van der Waals surface area contributed by atoms with Gasteiger partial charge in [0.2, 0.25) is 23.6 Å². The predicted molar refractivity (Wildman–Crippen MR) is 154 cm³/mol. The van der Waals surface area contributed by atoms with Crippen LogP contribution >= 0.6 is 11.8 Å². The lowest BCUT2D eigenvalue weighted by Crippen LogP contribution is -2.58. The topological polar surface area (TPSA) is 209 Å². The molecule has 0 fully saturated rings. The first kappa shape index (κ1) is 32.6. The minimum Gasteiger partial charge on any atom is -0.480 e. The van der Waals surface area contributed by atoms with Crippen LogP contribution in [0.3, 0.4) is 0 Å². The van der Waals surface area contributed by atoms with Gasteiger partial charge in [0.25, 0.3) is 0 Å². The largest absolute Gasteiger partial charge is 0.480 e. The number of rotatable bonds is 17. The van der Waals surface area contributed by atoms with Crippen LogP contribution in [0.15, 0.2) is 30.5 Å². The van der Waals surface area contributed by atoms with Crippen molar-refractivity contribution in [3.8, 4) is 0 Å². The Morgan fingerprint density at radius 3 is 2.20 bits per heavy atom. The van der Waals surface area contributed by atoms with E-state index in [0.29, 0.717) is 18.6 Å². The van der Waals surface area contributed by atoms with Crippen LogP contribution in [0.4, 0.5) is 0 Å². The molecule has 1 aromatic carbocycles. The molecule has 0 bridgehead atoms. The van der Waals surface area contributed by atoms with Gasteiger partial charge in [0.1, 0.15) is 18.1 Å². The van der Waals surface area contributed by atoms with Crippen LogP contribution in [0.1, 0.15) is 45.1 Å². The quantitative estimate of drug-likeness (QED) is 0.142. The number of H-pyrrole nitrogens is 1. The van der Waals surface area contributed by atoms with Gasteiger partial charge in [-0.25, -0.2) is 4.79 Å². The third-order valence-corrected chi connectivity index (χ3v) is 6.98. The summed E-state index contributed by atoms with van der Waals surface area (Å²) in [5.74, 6) is -3.13. The van der Waals surface area contributed by atoms with Gasteiger partial charge in [-0.15, -0.1) is 0 Å².